The van der Waals surface area contributed by atoms with Gasteiger partial charge in [-0.15, -0.1) is 0 Å². The maximum absolute atomic E-state index is 9.52. The zero-order valence-electron chi connectivity index (χ0n) is 11.5. The number of benzene rings is 1. The summed E-state index contributed by atoms with van der Waals surface area (Å²) in [4.78, 5) is 6.60. The van der Waals surface area contributed by atoms with Gasteiger partial charge in [-0.25, -0.2) is 0 Å². The second kappa shape index (κ2) is 6.34. The van der Waals surface area contributed by atoms with E-state index in [2.05, 4.69) is 23.9 Å². The first-order valence-electron chi connectivity index (χ1n) is 6.56. The first-order chi connectivity index (χ1) is 9.16. The highest BCUT2D eigenvalue weighted by atomic mass is 16.3. The number of aromatic hydroxyl groups is 1. The molecule has 0 aliphatic rings. The van der Waals surface area contributed by atoms with Gasteiger partial charge in [0.2, 0.25) is 0 Å². The molecule has 1 aromatic carbocycles. The molecule has 1 atom stereocenters. The molecule has 100 valence electrons. The number of phenolic OH excluding ortho intramolecular Hbond substituents is 1. The quantitative estimate of drug-likeness (QED) is 0.893. The lowest BCUT2D eigenvalue weighted by Crippen LogP contribution is -2.25. The number of likely N-dealkylation sites (N-methyl/N-ethyl adjacent to an activating group) is 1. The highest BCUT2D eigenvalue weighted by Gasteiger charge is 2.11. The fraction of sp³-hybridized carbons (Fsp3) is 0.312. The lowest BCUT2D eigenvalue weighted by Gasteiger charge is -2.25. The van der Waals surface area contributed by atoms with E-state index in [1.807, 2.05) is 42.6 Å². The average molecular weight is 256 g/mol. The number of hydrogen-bond acceptors (Lipinski definition) is 3. The van der Waals surface area contributed by atoms with Crippen LogP contribution in [0.3, 0.4) is 0 Å². The molecular formula is C16H20N2O. The molecule has 0 spiro atoms. The maximum atomic E-state index is 9.52. The smallest absolute Gasteiger partial charge is 0.115 e. The van der Waals surface area contributed by atoms with Crippen LogP contribution in [-0.2, 0) is 6.42 Å². The van der Waals surface area contributed by atoms with Crippen molar-refractivity contribution in [1.29, 1.82) is 0 Å². The van der Waals surface area contributed by atoms with Gasteiger partial charge in [0.15, 0.2) is 0 Å². The summed E-state index contributed by atoms with van der Waals surface area (Å²) in [5.74, 6) is 0.322. The molecule has 1 heterocycles. The Bertz CT molecular complexity index is 513. The molecule has 0 aliphatic heterocycles. The van der Waals surface area contributed by atoms with E-state index in [0.29, 0.717) is 5.75 Å². The van der Waals surface area contributed by atoms with Crippen molar-refractivity contribution in [3.8, 4) is 5.75 Å². The molecule has 0 radical (unpaired) electrons. The van der Waals surface area contributed by atoms with E-state index in [9.17, 15) is 5.11 Å². The van der Waals surface area contributed by atoms with Crippen molar-refractivity contribution in [3.05, 3.63) is 59.9 Å². The minimum Gasteiger partial charge on any atom is -0.508 e. The van der Waals surface area contributed by atoms with Gasteiger partial charge in [-0.1, -0.05) is 18.2 Å². The number of nitrogens with zero attached hydrogens (tertiary/aromatic N) is 2. The Kier molecular flexibility index (Phi) is 4.53. The molecule has 3 nitrogen and oxygen atoms in total. The number of aromatic nitrogens is 1. The van der Waals surface area contributed by atoms with E-state index < -0.39 is 0 Å². The molecule has 1 aromatic heterocycles. The molecule has 0 fully saturated rings. The highest BCUT2D eigenvalue weighted by Crippen LogP contribution is 2.22. The minimum atomic E-state index is 0.274. The number of hydrogen-bond donors (Lipinski definition) is 1. The first kappa shape index (κ1) is 13.6. The number of phenols is 1. The van der Waals surface area contributed by atoms with Gasteiger partial charge in [-0.05, 0) is 43.8 Å². The van der Waals surface area contributed by atoms with Crippen LogP contribution in [0.4, 0.5) is 0 Å². The Morgan fingerprint density at radius 2 is 2.05 bits per heavy atom. The number of pyridine rings is 1. The van der Waals surface area contributed by atoms with Crippen LogP contribution >= 0.6 is 0 Å². The molecule has 0 bridgehead atoms. The van der Waals surface area contributed by atoms with E-state index >= 15 is 0 Å². The summed E-state index contributed by atoms with van der Waals surface area (Å²) in [5, 5.41) is 9.52. The van der Waals surface area contributed by atoms with Crippen molar-refractivity contribution >= 4 is 0 Å². The Morgan fingerprint density at radius 3 is 2.74 bits per heavy atom. The topological polar surface area (TPSA) is 36.4 Å². The van der Waals surface area contributed by atoms with Gasteiger partial charge in [-0.3, -0.25) is 9.88 Å². The second-order valence-electron chi connectivity index (χ2n) is 4.82. The van der Waals surface area contributed by atoms with Crippen LogP contribution < -0.4 is 0 Å². The summed E-state index contributed by atoms with van der Waals surface area (Å²) < 4.78 is 0. The van der Waals surface area contributed by atoms with Gasteiger partial charge in [0.25, 0.3) is 0 Å². The largest absolute Gasteiger partial charge is 0.508 e. The summed E-state index contributed by atoms with van der Waals surface area (Å²) in [6, 6.07) is 13.7. The summed E-state index contributed by atoms with van der Waals surface area (Å²) in [7, 11) is 2.09. The molecule has 0 aliphatic carbocycles. The fourth-order valence-corrected chi connectivity index (χ4v) is 2.07. The Balaban J connectivity index is 1.94. The molecule has 2 aromatic rings. The van der Waals surface area contributed by atoms with Crippen LogP contribution in [0.2, 0.25) is 0 Å². The van der Waals surface area contributed by atoms with Crippen molar-refractivity contribution in [2.45, 2.75) is 19.4 Å². The third kappa shape index (κ3) is 3.80. The molecule has 0 unspecified atom stereocenters. The van der Waals surface area contributed by atoms with E-state index in [1.54, 1.807) is 6.07 Å². The molecule has 1 N–H and O–H groups in total. The fourth-order valence-electron chi connectivity index (χ4n) is 2.07. The Hall–Kier alpha value is -1.87. The summed E-state index contributed by atoms with van der Waals surface area (Å²) >= 11 is 0. The van der Waals surface area contributed by atoms with Crippen molar-refractivity contribution in [1.82, 2.24) is 9.88 Å². The minimum absolute atomic E-state index is 0.274. The second-order valence-corrected chi connectivity index (χ2v) is 4.82. The van der Waals surface area contributed by atoms with Gasteiger partial charge in [-0.2, -0.15) is 0 Å². The lowest BCUT2D eigenvalue weighted by atomic mass is 10.1. The average Bonchev–Trinajstić information content (AvgIpc) is 2.45. The molecule has 0 saturated heterocycles. The third-order valence-corrected chi connectivity index (χ3v) is 3.46. The van der Waals surface area contributed by atoms with Crippen LogP contribution in [0.5, 0.6) is 5.75 Å². The van der Waals surface area contributed by atoms with E-state index in [-0.39, 0.29) is 6.04 Å². The molecular weight excluding hydrogens is 236 g/mol. The van der Waals surface area contributed by atoms with Gasteiger partial charge >= 0.3 is 0 Å². The highest BCUT2D eigenvalue weighted by molar-refractivity contribution is 5.29. The third-order valence-electron chi connectivity index (χ3n) is 3.46. The maximum Gasteiger partial charge on any atom is 0.115 e. The zero-order chi connectivity index (χ0) is 13.7. The van der Waals surface area contributed by atoms with Crippen LogP contribution in [0.15, 0.2) is 48.7 Å². The molecule has 0 amide bonds. The van der Waals surface area contributed by atoms with E-state index in [4.69, 9.17) is 0 Å². The predicted octanol–water partition coefficient (Wildman–Crippen LogP) is 3.02. The van der Waals surface area contributed by atoms with Gasteiger partial charge in [0.1, 0.15) is 5.75 Å². The molecule has 3 heteroatoms. The summed E-state index contributed by atoms with van der Waals surface area (Å²) in [6.07, 6.45) is 2.76. The van der Waals surface area contributed by atoms with Crippen molar-refractivity contribution in [3.63, 3.8) is 0 Å². The van der Waals surface area contributed by atoms with Crippen molar-refractivity contribution in [2.75, 3.05) is 13.6 Å². The SMILES string of the molecule is C[C@@H](c1cccc(O)c1)N(C)CCc1ccccn1. The van der Waals surface area contributed by atoms with Crippen LogP contribution in [0, 0.1) is 0 Å². The Labute approximate surface area is 114 Å². The van der Waals surface area contributed by atoms with Crippen LogP contribution in [0.25, 0.3) is 0 Å². The molecule has 19 heavy (non-hydrogen) atoms. The van der Waals surface area contributed by atoms with Crippen LogP contribution in [-0.4, -0.2) is 28.6 Å². The standard InChI is InChI=1S/C16H20N2O/c1-13(14-6-5-8-16(19)12-14)18(2)11-9-15-7-3-4-10-17-15/h3-8,10,12-13,19H,9,11H2,1-2H3/t13-/m0/s1. The molecule has 0 saturated carbocycles. The van der Waals surface area contributed by atoms with Gasteiger partial charge in [0.05, 0.1) is 0 Å². The normalized spacial score (nSPS) is 12.6. The van der Waals surface area contributed by atoms with Gasteiger partial charge < -0.3 is 5.11 Å². The first-order valence-corrected chi connectivity index (χ1v) is 6.56. The van der Waals surface area contributed by atoms with E-state index in [1.165, 1.54) is 0 Å². The summed E-state index contributed by atoms with van der Waals surface area (Å²) in [6.45, 7) is 3.08. The summed E-state index contributed by atoms with van der Waals surface area (Å²) in [5.41, 5.74) is 2.24. The van der Waals surface area contributed by atoms with Crippen molar-refractivity contribution < 1.29 is 5.11 Å². The van der Waals surface area contributed by atoms with Crippen LogP contribution in [0.1, 0.15) is 24.2 Å². The van der Waals surface area contributed by atoms with E-state index in [0.717, 1.165) is 24.2 Å². The lowest BCUT2D eigenvalue weighted by molar-refractivity contribution is 0.263. The van der Waals surface area contributed by atoms with Crippen molar-refractivity contribution in [2.24, 2.45) is 0 Å². The monoisotopic (exact) mass is 256 g/mol. The Morgan fingerprint density at radius 1 is 1.21 bits per heavy atom. The zero-order valence-corrected chi connectivity index (χ0v) is 11.5. The number of rotatable bonds is 5. The van der Waals surface area contributed by atoms with Gasteiger partial charge in [0, 0.05) is 30.9 Å². The molecule has 2 rings (SSSR count). The predicted molar refractivity (Wildman–Crippen MR) is 77.1 cm³/mol.